The molecule has 2 amide bonds. The Labute approximate surface area is 167 Å². The molecule has 2 N–H and O–H groups in total. The average Bonchev–Trinajstić information content (AvgIpc) is 2.71. The van der Waals surface area contributed by atoms with Gasteiger partial charge >= 0.3 is 0 Å². The summed E-state index contributed by atoms with van der Waals surface area (Å²) in [6.07, 6.45) is 0.0739. The molecule has 0 aromatic heterocycles. The lowest BCUT2D eigenvalue weighted by Crippen LogP contribution is -2.32. The van der Waals surface area contributed by atoms with Crippen LogP contribution in [0.5, 0.6) is 11.5 Å². The third-order valence-corrected chi connectivity index (χ3v) is 5.48. The first kappa shape index (κ1) is 18.1. The molecule has 1 aliphatic heterocycles. The van der Waals surface area contributed by atoms with Crippen LogP contribution in [-0.4, -0.2) is 17.1 Å². The van der Waals surface area contributed by atoms with E-state index in [2.05, 4.69) is 10.6 Å². The number of hydrogen-bond acceptors (Lipinski definition) is 4. The second-order valence-electron chi connectivity index (χ2n) is 6.26. The van der Waals surface area contributed by atoms with E-state index in [9.17, 15) is 9.59 Å². The zero-order chi connectivity index (χ0) is 19.3. The molecule has 0 aliphatic carbocycles. The van der Waals surface area contributed by atoms with Gasteiger partial charge in [0.15, 0.2) is 5.75 Å². The number of rotatable bonds is 5. The van der Waals surface area contributed by atoms with Gasteiger partial charge in [-0.15, -0.1) is 11.8 Å². The summed E-state index contributed by atoms with van der Waals surface area (Å²) >= 11 is 1.41. The van der Waals surface area contributed by atoms with Crippen LogP contribution in [0.15, 0.2) is 83.8 Å². The Kier molecular flexibility index (Phi) is 5.30. The maximum Gasteiger partial charge on any atom is 0.238 e. The molecule has 0 saturated carbocycles. The third-order valence-electron chi connectivity index (χ3n) is 4.21. The quantitative estimate of drug-likeness (QED) is 0.649. The number of fused-ring (bicyclic) bond motifs is 1. The van der Waals surface area contributed by atoms with Gasteiger partial charge in [-0.2, -0.15) is 0 Å². The van der Waals surface area contributed by atoms with Crippen molar-refractivity contribution < 1.29 is 14.3 Å². The SMILES string of the molecule is O=C(CC1Sc2ccccc2NC1=O)Nc1ccccc1Oc1ccccc1. The Morgan fingerprint density at radius 1 is 0.964 bits per heavy atom. The predicted molar refractivity (Wildman–Crippen MR) is 111 cm³/mol. The predicted octanol–water partition coefficient (Wildman–Crippen LogP) is 4.92. The van der Waals surface area contributed by atoms with Gasteiger partial charge in [-0.1, -0.05) is 42.5 Å². The van der Waals surface area contributed by atoms with Gasteiger partial charge in [-0.25, -0.2) is 0 Å². The Balaban J connectivity index is 1.44. The van der Waals surface area contributed by atoms with Crippen molar-refractivity contribution in [1.29, 1.82) is 0 Å². The van der Waals surface area contributed by atoms with Gasteiger partial charge in [0.25, 0.3) is 0 Å². The Morgan fingerprint density at radius 2 is 1.68 bits per heavy atom. The van der Waals surface area contributed by atoms with Crippen molar-refractivity contribution in [2.75, 3.05) is 10.6 Å². The zero-order valence-electron chi connectivity index (χ0n) is 14.9. The van der Waals surface area contributed by atoms with Crippen LogP contribution in [0.4, 0.5) is 11.4 Å². The number of carbonyl (C=O) groups excluding carboxylic acids is 2. The maximum atomic E-state index is 12.6. The first-order valence-electron chi connectivity index (χ1n) is 8.87. The summed E-state index contributed by atoms with van der Waals surface area (Å²) in [5, 5.41) is 5.25. The summed E-state index contributed by atoms with van der Waals surface area (Å²) in [5.74, 6) is 0.833. The van der Waals surface area contributed by atoms with Crippen LogP contribution in [0.25, 0.3) is 0 Å². The van der Waals surface area contributed by atoms with Crippen molar-refractivity contribution in [1.82, 2.24) is 0 Å². The number of thioether (sulfide) groups is 1. The van der Waals surface area contributed by atoms with Gasteiger partial charge in [-0.3, -0.25) is 9.59 Å². The summed E-state index contributed by atoms with van der Waals surface area (Å²) < 4.78 is 5.87. The Morgan fingerprint density at radius 3 is 2.54 bits per heavy atom. The summed E-state index contributed by atoms with van der Waals surface area (Å²) in [6.45, 7) is 0. The standard InChI is InChI=1S/C22H18N2O3S/c25-21(14-20-22(26)24-17-11-5-7-13-19(17)28-20)23-16-10-4-6-12-18(16)27-15-8-2-1-3-9-15/h1-13,20H,14H2,(H,23,25)(H,24,26). The molecule has 0 saturated heterocycles. The van der Waals surface area contributed by atoms with Gasteiger partial charge < -0.3 is 15.4 Å². The van der Waals surface area contributed by atoms with E-state index in [0.29, 0.717) is 17.2 Å². The van der Waals surface area contributed by atoms with Crippen LogP contribution < -0.4 is 15.4 Å². The number of ether oxygens (including phenoxy) is 1. The molecule has 1 aliphatic rings. The van der Waals surface area contributed by atoms with Crippen molar-refractivity contribution in [3.8, 4) is 11.5 Å². The summed E-state index contributed by atoms with van der Waals surface area (Å²) in [4.78, 5) is 25.9. The van der Waals surface area contributed by atoms with Crippen LogP contribution in [0, 0.1) is 0 Å². The molecule has 3 aromatic carbocycles. The number of nitrogens with one attached hydrogen (secondary N) is 2. The van der Waals surface area contributed by atoms with E-state index in [1.54, 1.807) is 12.1 Å². The molecule has 1 atom stereocenters. The van der Waals surface area contributed by atoms with Crippen LogP contribution in [-0.2, 0) is 9.59 Å². The number of benzene rings is 3. The number of hydrogen-bond donors (Lipinski definition) is 2. The Hall–Kier alpha value is -3.25. The first-order chi connectivity index (χ1) is 13.7. The van der Waals surface area contributed by atoms with Gasteiger partial charge in [0.1, 0.15) is 5.75 Å². The van der Waals surface area contributed by atoms with Crippen molar-refractivity contribution in [2.24, 2.45) is 0 Å². The fourth-order valence-corrected chi connectivity index (χ4v) is 3.98. The normalized spacial score (nSPS) is 15.3. The topological polar surface area (TPSA) is 67.4 Å². The number of anilines is 2. The molecule has 6 heteroatoms. The molecule has 28 heavy (non-hydrogen) atoms. The minimum atomic E-state index is -0.475. The lowest BCUT2D eigenvalue weighted by molar-refractivity contribution is -0.120. The van der Waals surface area contributed by atoms with Gasteiger partial charge in [0, 0.05) is 11.3 Å². The first-order valence-corrected chi connectivity index (χ1v) is 9.75. The second kappa shape index (κ2) is 8.19. The van der Waals surface area contributed by atoms with E-state index in [-0.39, 0.29) is 18.2 Å². The number of para-hydroxylation sites is 4. The third kappa shape index (κ3) is 4.18. The number of amides is 2. The molecule has 1 heterocycles. The highest BCUT2D eigenvalue weighted by atomic mass is 32.2. The van der Waals surface area contributed by atoms with Crippen LogP contribution in [0.1, 0.15) is 6.42 Å². The minimum Gasteiger partial charge on any atom is -0.455 e. The van der Waals surface area contributed by atoms with E-state index >= 15 is 0 Å². The molecule has 0 spiro atoms. The highest BCUT2D eigenvalue weighted by Gasteiger charge is 2.29. The van der Waals surface area contributed by atoms with Crippen LogP contribution in [0.2, 0.25) is 0 Å². The molecule has 4 rings (SSSR count). The van der Waals surface area contributed by atoms with E-state index < -0.39 is 5.25 Å². The fourth-order valence-electron chi connectivity index (χ4n) is 2.87. The minimum absolute atomic E-state index is 0.0739. The van der Waals surface area contributed by atoms with Crippen molar-refractivity contribution in [2.45, 2.75) is 16.6 Å². The van der Waals surface area contributed by atoms with E-state index in [1.807, 2.05) is 66.7 Å². The fraction of sp³-hybridized carbons (Fsp3) is 0.0909. The number of carbonyl (C=O) groups is 2. The highest BCUT2D eigenvalue weighted by Crippen LogP contribution is 2.37. The molecular weight excluding hydrogens is 372 g/mol. The van der Waals surface area contributed by atoms with Crippen molar-refractivity contribution in [3.63, 3.8) is 0 Å². The van der Waals surface area contributed by atoms with Crippen molar-refractivity contribution >= 4 is 35.0 Å². The molecule has 3 aromatic rings. The van der Waals surface area contributed by atoms with Gasteiger partial charge in [0.2, 0.25) is 11.8 Å². The summed E-state index contributed by atoms with van der Waals surface area (Å²) in [7, 11) is 0. The molecule has 140 valence electrons. The molecule has 0 bridgehead atoms. The van der Waals surface area contributed by atoms with E-state index in [4.69, 9.17) is 4.74 Å². The molecule has 1 unspecified atom stereocenters. The molecule has 5 nitrogen and oxygen atoms in total. The second-order valence-corrected chi connectivity index (χ2v) is 7.50. The zero-order valence-corrected chi connectivity index (χ0v) is 15.7. The molecular formula is C22H18N2O3S. The van der Waals surface area contributed by atoms with Crippen LogP contribution >= 0.6 is 11.8 Å². The van der Waals surface area contributed by atoms with Crippen LogP contribution in [0.3, 0.4) is 0 Å². The lowest BCUT2D eigenvalue weighted by atomic mass is 10.2. The van der Waals surface area contributed by atoms with E-state index in [1.165, 1.54) is 11.8 Å². The van der Waals surface area contributed by atoms with Gasteiger partial charge in [0.05, 0.1) is 16.6 Å². The lowest BCUT2D eigenvalue weighted by Gasteiger charge is -2.23. The van der Waals surface area contributed by atoms with Crippen molar-refractivity contribution in [3.05, 3.63) is 78.9 Å². The summed E-state index contributed by atoms with van der Waals surface area (Å²) in [5.41, 5.74) is 1.36. The monoisotopic (exact) mass is 390 g/mol. The van der Waals surface area contributed by atoms with E-state index in [0.717, 1.165) is 10.6 Å². The maximum absolute atomic E-state index is 12.6. The summed E-state index contributed by atoms with van der Waals surface area (Å²) in [6, 6.07) is 24.2. The molecule has 0 radical (unpaired) electrons. The largest absolute Gasteiger partial charge is 0.455 e. The average molecular weight is 390 g/mol. The smallest absolute Gasteiger partial charge is 0.238 e. The Bertz CT molecular complexity index is 1010. The molecule has 0 fully saturated rings. The van der Waals surface area contributed by atoms with Gasteiger partial charge in [-0.05, 0) is 36.4 Å². The highest BCUT2D eigenvalue weighted by molar-refractivity contribution is 8.01.